The maximum atomic E-state index is 12.2. The van der Waals surface area contributed by atoms with Gasteiger partial charge in [0.1, 0.15) is 22.3 Å². The predicted molar refractivity (Wildman–Crippen MR) is 103 cm³/mol. The fourth-order valence-electron chi connectivity index (χ4n) is 2.22. The number of hydrogen-bond acceptors (Lipinski definition) is 8. The van der Waals surface area contributed by atoms with Gasteiger partial charge in [0.2, 0.25) is 0 Å². The first kappa shape index (κ1) is 18.8. The monoisotopic (exact) mass is 398 g/mol. The molecule has 2 heterocycles. The molecule has 9 heteroatoms. The van der Waals surface area contributed by atoms with E-state index in [1.54, 1.807) is 24.3 Å². The van der Waals surface area contributed by atoms with Gasteiger partial charge in [0, 0.05) is 5.39 Å². The van der Waals surface area contributed by atoms with E-state index in [9.17, 15) is 9.59 Å². The largest absolute Gasteiger partial charge is 0.452 e. The highest BCUT2D eigenvalue weighted by Crippen LogP contribution is 2.27. The third-order valence-electron chi connectivity index (χ3n) is 3.53. The van der Waals surface area contributed by atoms with Crippen LogP contribution >= 0.6 is 23.1 Å². The lowest BCUT2D eigenvalue weighted by Gasteiger charge is -2.14. The molecule has 1 aromatic carbocycles. The lowest BCUT2D eigenvalue weighted by molar-refractivity contribution is -0.150. The number of rotatable bonds is 6. The highest BCUT2D eigenvalue weighted by Gasteiger charge is 2.19. The van der Waals surface area contributed by atoms with Gasteiger partial charge in [-0.3, -0.25) is 9.59 Å². The maximum absolute atomic E-state index is 12.2. The Bertz CT molecular complexity index is 1030. The third kappa shape index (κ3) is 4.61. The first-order chi connectivity index (χ1) is 13.1. The van der Waals surface area contributed by atoms with Crippen molar-refractivity contribution >= 4 is 50.9 Å². The Labute approximate surface area is 163 Å². The average Bonchev–Trinajstić information content (AvgIpc) is 3.16. The molecule has 2 aromatic heterocycles. The van der Waals surface area contributed by atoms with E-state index in [1.807, 2.05) is 17.5 Å². The first-order valence-electron chi connectivity index (χ1n) is 7.89. The number of nitrogens with zero attached hydrogens (tertiary/aromatic N) is 3. The summed E-state index contributed by atoms with van der Waals surface area (Å²) < 4.78 is 5.18. The lowest BCUT2D eigenvalue weighted by Crippen LogP contribution is -2.30. The molecule has 136 valence electrons. The number of ether oxygens (including phenoxy) is 1. The maximum Gasteiger partial charge on any atom is 0.317 e. The van der Waals surface area contributed by atoms with Crippen LogP contribution in [-0.2, 0) is 14.3 Å². The molecule has 0 fully saturated rings. The molecular formula is C18H14N4O3S2. The number of benzene rings is 1. The number of thiophene rings is 1. The van der Waals surface area contributed by atoms with E-state index in [0.717, 1.165) is 10.2 Å². The van der Waals surface area contributed by atoms with Crippen molar-refractivity contribution in [2.45, 2.75) is 18.1 Å². The number of para-hydroxylation sites is 1. The minimum atomic E-state index is -0.989. The van der Waals surface area contributed by atoms with Crippen molar-refractivity contribution in [2.24, 2.45) is 0 Å². The molecule has 1 amide bonds. The predicted octanol–water partition coefficient (Wildman–Crippen LogP) is 3.23. The number of fused-ring (bicyclic) bond motifs is 1. The van der Waals surface area contributed by atoms with E-state index in [2.05, 4.69) is 15.3 Å². The summed E-state index contributed by atoms with van der Waals surface area (Å²) in [4.78, 5) is 33.5. The van der Waals surface area contributed by atoms with Crippen molar-refractivity contribution < 1.29 is 14.3 Å². The minimum Gasteiger partial charge on any atom is -0.452 e. The molecule has 0 aliphatic heterocycles. The van der Waals surface area contributed by atoms with Gasteiger partial charge in [-0.05, 0) is 30.5 Å². The SMILES string of the molecule is C[C@H](OC(=O)CSc1ncnc2sccc12)C(=O)Nc1ccccc1C#N. The van der Waals surface area contributed by atoms with Gasteiger partial charge in [-0.1, -0.05) is 23.9 Å². The summed E-state index contributed by atoms with van der Waals surface area (Å²) in [6.07, 6.45) is 0.464. The van der Waals surface area contributed by atoms with Crippen molar-refractivity contribution in [3.8, 4) is 6.07 Å². The number of amides is 1. The van der Waals surface area contributed by atoms with Crippen LogP contribution in [0.2, 0.25) is 0 Å². The Morgan fingerprint density at radius 1 is 1.33 bits per heavy atom. The Morgan fingerprint density at radius 2 is 2.15 bits per heavy atom. The number of hydrogen-bond donors (Lipinski definition) is 1. The molecular weight excluding hydrogens is 384 g/mol. The summed E-state index contributed by atoms with van der Waals surface area (Å²) in [5.41, 5.74) is 0.714. The Morgan fingerprint density at radius 3 is 2.96 bits per heavy atom. The van der Waals surface area contributed by atoms with Crippen molar-refractivity contribution in [2.75, 3.05) is 11.1 Å². The van der Waals surface area contributed by atoms with E-state index in [0.29, 0.717) is 16.3 Å². The van der Waals surface area contributed by atoms with Gasteiger partial charge in [-0.15, -0.1) is 11.3 Å². The number of nitriles is 1. The van der Waals surface area contributed by atoms with Crippen LogP contribution in [0.15, 0.2) is 47.1 Å². The molecule has 3 aromatic rings. The zero-order valence-corrected chi connectivity index (χ0v) is 15.8. The molecule has 27 heavy (non-hydrogen) atoms. The van der Waals surface area contributed by atoms with Gasteiger partial charge >= 0.3 is 5.97 Å². The molecule has 0 radical (unpaired) electrons. The summed E-state index contributed by atoms with van der Waals surface area (Å²) in [6.45, 7) is 1.48. The van der Waals surface area contributed by atoms with E-state index in [-0.39, 0.29) is 5.75 Å². The number of anilines is 1. The van der Waals surface area contributed by atoms with E-state index < -0.39 is 18.0 Å². The summed E-state index contributed by atoms with van der Waals surface area (Å²) in [6, 6.07) is 10.5. The molecule has 3 rings (SSSR count). The second kappa shape index (κ2) is 8.62. The zero-order valence-electron chi connectivity index (χ0n) is 14.2. The summed E-state index contributed by atoms with van der Waals surface area (Å²) in [5, 5.41) is 15.1. The number of carbonyl (C=O) groups is 2. The molecule has 0 saturated heterocycles. The number of nitrogens with one attached hydrogen (secondary N) is 1. The highest BCUT2D eigenvalue weighted by molar-refractivity contribution is 8.00. The molecule has 0 aliphatic carbocycles. The Balaban J connectivity index is 1.55. The van der Waals surface area contributed by atoms with Crippen LogP contribution < -0.4 is 5.32 Å². The molecule has 0 saturated carbocycles. The normalized spacial score (nSPS) is 11.6. The summed E-state index contributed by atoms with van der Waals surface area (Å²) in [7, 11) is 0. The second-order valence-corrected chi connectivity index (χ2v) is 7.24. The number of esters is 1. The second-order valence-electron chi connectivity index (χ2n) is 5.39. The average molecular weight is 398 g/mol. The standard InChI is InChI=1S/C18H14N4O3S2/c1-11(16(24)22-14-5-3-2-4-12(14)8-19)25-15(23)9-27-18-13-6-7-26-17(13)20-10-21-18/h2-7,10-11H,9H2,1H3,(H,22,24)/t11-/m0/s1. The minimum absolute atomic E-state index is 0.0222. The Hall–Kier alpha value is -2.96. The van der Waals surface area contributed by atoms with Crippen LogP contribution in [0.1, 0.15) is 12.5 Å². The molecule has 1 atom stereocenters. The smallest absolute Gasteiger partial charge is 0.317 e. The van der Waals surface area contributed by atoms with Crippen molar-refractivity contribution in [1.29, 1.82) is 5.26 Å². The van der Waals surface area contributed by atoms with Crippen LogP contribution in [0.5, 0.6) is 0 Å². The topological polar surface area (TPSA) is 105 Å². The summed E-state index contributed by atoms with van der Waals surface area (Å²) in [5.74, 6) is -1.01. The van der Waals surface area contributed by atoms with Gasteiger partial charge in [-0.2, -0.15) is 5.26 Å². The van der Waals surface area contributed by atoms with Crippen LogP contribution in [-0.4, -0.2) is 33.7 Å². The van der Waals surface area contributed by atoms with Crippen molar-refractivity contribution in [1.82, 2.24) is 9.97 Å². The fourth-order valence-corrected chi connectivity index (χ4v) is 3.78. The van der Waals surface area contributed by atoms with Crippen molar-refractivity contribution in [3.05, 3.63) is 47.6 Å². The van der Waals surface area contributed by atoms with Gasteiger partial charge in [0.15, 0.2) is 6.10 Å². The van der Waals surface area contributed by atoms with E-state index >= 15 is 0 Å². The number of aromatic nitrogens is 2. The van der Waals surface area contributed by atoms with Crippen molar-refractivity contribution in [3.63, 3.8) is 0 Å². The van der Waals surface area contributed by atoms with Gasteiger partial charge in [0.25, 0.3) is 5.91 Å². The molecule has 0 bridgehead atoms. The van der Waals surface area contributed by atoms with E-state index in [1.165, 1.54) is 36.3 Å². The third-order valence-corrected chi connectivity index (χ3v) is 5.33. The molecule has 0 spiro atoms. The number of thioether (sulfide) groups is 1. The van der Waals surface area contributed by atoms with Gasteiger partial charge < -0.3 is 10.1 Å². The molecule has 0 aliphatic rings. The van der Waals surface area contributed by atoms with Gasteiger partial charge in [0.05, 0.1) is 17.0 Å². The first-order valence-corrected chi connectivity index (χ1v) is 9.75. The van der Waals surface area contributed by atoms with Crippen LogP contribution in [0, 0.1) is 11.3 Å². The van der Waals surface area contributed by atoms with Crippen LogP contribution in [0.4, 0.5) is 5.69 Å². The highest BCUT2D eigenvalue weighted by atomic mass is 32.2. The fraction of sp³-hybridized carbons (Fsp3) is 0.167. The van der Waals surface area contributed by atoms with E-state index in [4.69, 9.17) is 10.00 Å². The number of carbonyl (C=O) groups excluding carboxylic acids is 2. The van der Waals surface area contributed by atoms with Gasteiger partial charge in [-0.25, -0.2) is 9.97 Å². The zero-order chi connectivity index (χ0) is 19.2. The Kier molecular flexibility index (Phi) is 6.01. The summed E-state index contributed by atoms with van der Waals surface area (Å²) >= 11 is 2.73. The quantitative estimate of drug-likeness (QED) is 0.386. The molecule has 7 nitrogen and oxygen atoms in total. The molecule has 0 unspecified atom stereocenters. The molecule has 1 N–H and O–H groups in total. The lowest BCUT2D eigenvalue weighted by atomic mass is 10.2. The van der Waals surface area contributed by atoms with Crippen LogP contribution in [0.25, 0.3) is 10.2 Å². The van der Waals surface area contributed by atoms with Crippen LogP contribution in [0.3, 0.4) is 0 Å².